The van der Waals surface area contributed by atoms with Gasteiger partial charge >= 0.3 is 0 Å². The Morgan fingerprint density at radius 2 is 1.66 bits per heavy atom. The molecule has 32 heavy (non-hydrogen) atoms. The molecule has 0 amide bonds. The summed E-state index contributed by atoms with van der Waals surface area (Å²) in [6, 6.07) is 13.1. The molecule has 0 atom stereocenters. The first-order chi connectivity index (χ1) is 15.6. The number of nitrogens with zero attached hydrogens (tertiary/aromatic N) is 5. The van der Waals surface area contributed by atoms with E-state index in [1.165, 1.54) is 6.33 Å². The standard InChI is InChI=1S/C24H22F2N6/c1-31-8-10-32(11-9-31)23-7-3-17(14-27-23)16-2-5-19-21(12-16)28-15-29-24(19)30-22-13-18(25)4-6-20(22)26/h2-7,12-15H,8-11H2,1H3,(H,28,29,30). The average Bonchev–Trinajstić information content (AvgIpc) is 2.82. The molecule has 6 nitrogen and oxygen atoms in total. The number of piperazine rings is 1. The highest BCUT2D eigenvalue weighted by Gasteiger charge is 2.15. The van der Waals surface area contributed by atoms with Crippen molar-refractivity contribution in [2.45, 2.75) is 0 Å². The number of aromatic nitrogens is 3. The molecule has 1 N–H and O–H groups in total. The van der Waals surface area contributed by atoms with Crippen LogP contribution in [0.15, 0.2) is 61.1 Å². The third kappa shape index (κ3) is 4.09. The number of fused-ring (bicyclic) bond motifs is 1. The molecule has 0 bridgehead atoms. The first-order valence-electron chi connectivity index (χ1n) is 10.4. The van der Waals surface area contributed by atoms with Gasteiger partial charge in [0.15, 0.2) is 0 Å². The van der Waals surface area contributed by atoms with Crippen LogP contribution in [-0.4, -0.2) is 53.1 Å². The zero-order valence-electron chi connectivity index (χ0n) is 17.6. The molecule has 0 saturated carbocycles. The van der Waals surface area contributed by atoms with Crippen molar-refractivity contribution >= 4 is 28.2 Å². The summed E-state index contributed by atoms with van der Waals surface area (Å²) >= 11 is 0. The fourth-order valence-corrected chi connectivity index (χ4v) is 3.84. The molecule has 0 radical (unpaired) electrons. The quantitative estimate of drug-likeness (QED) is 0.514. The summed E-state index contributed by atoms with van der Waals surface area (Å²) in [5.74, 6) is 0.312. The van der Waals surface area contributed by atoms with Gasteiger partial charge in [0.05, 0.1) is 11.2 Å². The number of pyridine rings is 1. The molecule has 0 unspecified atom stereocenters. The Morgan fingerprint density at radius 1 is 0.844 bits per heavy atom. The van der Waals surface area contributed by atoms with E-state index in [1.807, 2.05) is 30.5 Å². The molecule has 1 aliphatic heterocycles. The van der Waals surface area contributed by atoms with E-state index in [2.05, 4.69) is 43.2 Å². The number of nitrogens with one attached hydrogen (secondary N) is 1. The lowest BCUT2D eigenvalue weighted by Crippen LogP contribution is -2.44. The molecule has 162 valence electrons. The van der Waals surface area contributed by atoms with Gasteiger partial charge in [-0.2, -0.15) is 0 Å². The molecule has 1 aliphatic rings. The lowest BCUT2D eigenvalue weighted by atomic mass is 10.1. The van der Waals surface area contributed by atoms with Crippen molar-refractivity contribution in [3.05, 3.63) is 72.7 Å². The second-order valence-corrected chi connectivity index (χ2v) is 7.90. The van der Waals surface area contributed by atoms with Crippen molar-refractivity contribution in [1.82, 2.24) is 19.9 Å². The second-order valence-electron chi connectivity index (χ2n) is 7.90. The summed E-state index contributed by atoms with van der Waals surface area (Å²) < 4.78 is 27.6. The third-order valence-corrected chi connectivity index (χ3v) is 5.73. The minimum Gasteiger partial charge on any atom is -0.354 e. The predicted octanol–water partition coefficient (Wildman–Crippen LogP) is 4.47. The van der Waals surface area contributed by atoms with Crippen molar-refractivity contribution in [2.75, 3.05) is 43.4 Å². The summed E-state index contributed by atoms with van der Waals surface area (Å²) in [5.41, 5.74) is 2.67. The van der Waals surface area contributed by atoms with Gasteiger partial charge in [-0.3, -0.25) is 0 Å². The minimum absolute atomic E-state index is 0.0257. The number of rotatable bonds is 4. The Balaban J connectivity index is 1.41. The van der Waals surface area contributed by atoms with Crippen LogP contribution in [0.5, 0.6) is 0 Å². The van der Waals surface area contributed by atoms with Crippen LogP contribution in [0, 0.1) is 11.6 Å². The van der Waals surface area contributed by atoms with Crippen molar-refractivity contribution < 1.29 is 8.78 Å². The van der Waals surface area contributed by atoms with Crippen LogP contribution in [0.2, 0.25) is 0 Å². The molecular weight excluding hydrogens is 410 g/mol. The fraction of sp³-hybridized carbons (Fsp3) is 0.208. The number of anilines is 3. The fourth-order valence-electron chi connectivity index (χ4n) is 3.84. The van der Waals surface area contributed by atoms with Gasteiger partial charge < -0.3 is 15.1 Å². The Bertz CT molecular complexity index is 1250. The predicted molar refractivity (Wildman–Crippen MR) is 122 cm³/mol. The highest BCUT2D eigenvalue weighted by atomic mass is 19.1. The number of hydrogen-bond donors (Lipinski definition) is 1. The maximum absolute atomic E-state index is 14.0. The molecule has 1 saturated heterocycles. The molecular formula is C24H22F2N6. The van der Waals surface area contributed by atoms with Crippen molar-refractivity contribution in [2.24, 2.45) is 0 Å². The summed E-state index contributed by atoms with van der Waals surface area (Å²) in [5, 5.41) is 3.58. The highest BCUT2D eigenvalue weighted by molar-refractivity contribution is 5.93. The molecule has 5 rings (SSSR count). The summed E-state index contributed by atoms with van der Waals surface area (Å²) in [6.07, 6.45) is 3.28. The maximum Gasteiger partial charge on any atom is 0.146 e. The van der Waals surface area contributed by atoms with Crippen molar-refractivity contribution in [1.29, 1.82) is 0 Å². The Kier molecular flexibility index (Phi) is 5.36. The summed E-state index contributed by atoms with van der Waals surface area (Å²) in [7, 11) is 2.13. The largest absolute Gasteiger partial charge is 0.354 e. The Morgan fingerprint density at radius 3 is 2.44 bits per heavy atom. The SMILES string of the molecule is CN1CCN(c2ccc(-c3ccc4c(Nc5cc(F)ccc5F)ncnc4c3)cn2)CC1. The lowest BCUT2D eigenvalue weighted by molar-refractivity contribution is 0.312. The number of benzene rings is 2. The normalized spacial score (nSPS) is 14.7. The zero-order chi connectivity index (χ0) is 22.1. The van der Waals surface area contributed by atoms with Crippen molar-refractivity contribution in [3.8, 4) is 11.1 Å². The highest BCUT2D eigenvalue weighted by Crippen LogP contribution is 2.29. The van der Waals surface area contributed by atoms with Crippen LogP contribution in [0.3, 0.4) is 0 Å². The molecule has 3 heterocycles. The second kappa shape index (κ2) is 8.47. The molecule has 8 heteroatoms. The number of hydrogen-bond acceptors (Lipinski definition) is 6. The van der Waals surface area contributed by atoms with Gasteiger partial charge in [0.25, 0.3) is 0 Å². The monoisotopic (exact) mass is 432 g/mol. The molecule has 0 spiro atoms. The van der Waals surface area contributed by atoms with E-state index < -0.39 is 11.6 Å². The molecule has 2 aromatic heterocycles. The zero-order valence-corrected chi connectivity index (χ0v) is 17.6. The van der Waals surface area contributed by atoms with E-state index in [-0.39, 0.29) is 5.69 Å². The van der Waals surface area contributed by atoms with Gasteiger partial charge in [0.2, 0.25) is 0 Å². The van der Waals surface area contributed by atoms with Gasteiger partial charge in [-0.05, 0) is 49.0 Å². The van der Waals surface area contributed by atoms with E-state index in [0.29, 0.717) is 16.7 Å². The molecule has 0 aliphatic carbocycles. The molecule has 1 fully saturated rings. The number of halogens is 2. The van der Waals surface area contributed by atoms with Crippen LogP contribution < -0.4 is 10.2 Å². The molecule has 4 aromatic rings. The molecule has 2 aromatic carbocycles. The van der Waals surface area contributed by atoms with Crippen LogP contribution in [0.4, 0.5) is 26.1 Å². The van der Waals surface area contributed by atoms with E-state index in [9.17, 15) is 8.78 Å². The topological polar surface area (TPSA) is 57.2 Å². The van der Waals surface area contributed by atoms with Crippen LogP contribution in [-0.2, 0) is 0 Å². The maximum atomic E-state index is 14.0. The first kappa shape index (κ1) is 20.3. The van der Waals surface area contributed by atoms with Gasteiger partial charge in [0, 0.05) is 49.4 Å². The van der Waals surface area contributed by atoms with E-state index >= 15 is 0 Å². The minimum atomic E-state index is -0.554. The third-order valence-electron chi connectivity index (χ3n) is 5.73. The van der Waals surface area contributed by atoms with Gasteiger partial charge in [-0.25, -0.2) is 23.7 Å². The summed E-state index contributed by atoms with van der Waals surface area (Å²) in [6.45, 7) is 4.00. The van der Waals surface area contributed by atoms with E-state index in [4.69, 9.17) is 0 Å². The summed E-state index contributed by atoms with van der Waals surface area (Å²) in [4.78, 5) is 17.8. The van der Waals surface area contributed by atoms with Crippen LogP contribution in [0.25, 0.3) is 22.0 Å². The van der Waals surface area contributed by atoms with Crippen molar-refractivity contribution in [3.63, 3.8) is 0 Å². The van der Waals surface area contributed by atoms with Gasteiger partial charge in [-0.15, -0.1) is 0 Å². The smallest absolute Gasteiger partial charge is 0.146 e. The van der Waals surface area contributed by atoms with E-state index in [0.717, 1.165) is 61.3 Å². The van der Waals surface area contributed by atoms with Crippen LogP contribution >= 0.6 is 0 Å². The van der Waals surface area contributed by atoms with E-state index in [1.54, 1.807) is 0 Å². The van der Waals surface area contributed by atoms with Crippen LogP contribution in [0.1, 0.15) is 0 Å². The average molecular weight is 432 g/mol. The van der Waals surface area contributed by atoms with Gasteiger partial charge in [0.1, 0.15) is 29.6 Å². The van der Waals surface area contributed by atoms with Gasteiger partial charge in [-0.1, -0.05) is 6.07 Å². The first-order valence-corrected chi connectivity index (χ1v) is 10.4. The lowest BCUT2D eigenvalue weighted by Gasteiger charge is -2.33. The number of likely N-dealkylation sites (N-methyl/N-ethyl adjacent to an activating group) is 1. The Hall–Kier alpha value is -3.65. The Labute approximate surface area is 184 Å².